The van der Waals surface area contributed by atoms with Gasteiger partial charge in [-0.3, -0.25) is 0 Å². The van der Waals surface area contributed by atoms with Crippen LogP contribution in [0.4, 0.5) is 4.39 Å². The molecule has 0 fully saturated rings. The Morgan fingerprint density at radius 3 is 2.88 bits per heavy atom. The van der Waals surface area contributed by atoms with E-state index >= 15 is 0 Å². The summed E-state index contributed by atoms with van der Waals surface area (Å²) in [7, 11) is 0. The van der Waals surface area contributed by atoms with Crippen LogP contribution in [0, 0.1) is 12.7 Å². The maximum Gasteiger partial charge on any atom is 0.182 e. The van der Waals surface area contributed by atoms with Crippen molar-refractivity contribution >= 4 is 0 Å². The zero-order chi connectivity index (χ0) is 11.5. The number of aryl methyl sites for hydroxylation is 1. The van der Waals surface area contributed by atoms with Gasteiger partial charge in [0.1, 0.15) is 5.82 Å². The summed E-state index contributed by atoms with van der Waals surface area (Å²) in [6, 6.07) is 4.70. The summed E-state index contributed by atoms with van der Waals surface area (Å²) in [6.07, 6.45) is 0. The summed E-state index contributed by atoms with van der Waals surface area (Å²) in [5.74, 6) is 0.241. The third-order valence-electron chi connectivity index (χ3n) is 2.17. The fraction of sp³-hybridized carbons (Fsp3) is 0.300. The highest BCUT2D eigenvalue weighted by Gasteiger charge is 2.09. The Hall–Kier alpha value is -1.82. The number of halogens is 1. The van der Waals surface area contributed by atoms with Crippen molar-refractivity contribution in [3.63, 3.8) is 0 Å². The summed E-state index contributed by atoms with van der Waals surface area (Å²) in [4.78, 5) is 0. The van der Waals surface area contributed by atoms with Crippen molar-refractivity contribution in [1.82, 2.24) is 20.2 Å². The maximum atomic E-state index is 13.2. The minimum absolute atomic E-state index is 0.294. The highest BCUT2D eigenvalue weighted by molar-refractivity contribution is 5.55. The van der Waals surface area contributed by atoms with Crippen molar-refractivity contribution in [2.45, 2.75) is 13.5 Å². The first kappa shape index (κ1) is 10.7. The van der Waals surface area contributed by atoms with Crippen molar-refractivity contribution in [1.29, 1.82) is 0 Å². The van der Waals surface area contributed by atoms with E-state index in [1.807, 2.05) is 13.0 Å². The lowest BCUT2D eigenvalue weighted by Gasteiger charge is -2.04. The van der Waals surface area contributed by atoms with E-state index in [1.54, 1.807) is 4.68 Å². The van der Waals surface area contributed by atoms with Gasteiger partial charge in [-0.15, -0.1) is 5.10 Å². The number of hydrogen-bond donors (Lipinski definition) is 1. The molecule has 1 aromatic heterocycles. The van der Waals surface area contributed by atoms with Crippen LogP contribution in [0.1, 0.15) is 5.56 Å². The van der Waals surface area contributed by atoms with Gasteiger partial charge in [-0.2, -0.15) is 0 Å². The Morgan fingerprint density at radius 2 is 2.19 bits per heavy atom. The van der Waals surface area contributed by atoms with E-state index in [-0.39, 0.29) is 5.82 Å². The number of hydrogen-bond acceptors (Lipinski definition) is 4. The largest absolute Gasteiger partial charge is 0.329 e. The standard InChI is InChI=1S/C10H12FN5/c1-7-4-8(6-9(11)5-7)10-13-14-15-16(10)3-2-12/h4-6H,2-3,12H2,1H3. The Bertz CT molecular complexity index is 473. The molecule has 1 aromatic carbocycles. The molecule has 0 radical (unpaired) electrons. The van der Waals surface area contributed by atoms with Crippen molar-refractivity contribution < 1.29 is 4.39 Å². The molecule has 0 bridgehead atoms. The lowest BCUT2D eigenvalue weighted by Crippen LogP contribution is -2.12. The van der Waals surface area contributed by atoms with Gasteiger partial charge in [0.15, 0.2) is 5.82 Å². The lowest BCUT2D eigenvalue weighted by atomic mass is 10.1. The second-order valence-corrected chi connectivity index (χ2v) is 3.53. The van der Waals surface area contributed by atoms with Gasteiger partial charge in [0, 0.05) is 12.1 Å². The zero-order valence-electron chi connectivity index (χ0n) is 8.89. The number of aromatic nitrogens is 4. The molecule has 1 heterocycles. The van der Waals surface area contributed by atoms with Crippen LogP contribution >= 0.6 is 0 Å². The first-order valence-corrected chi connectivity index (χ1v) is 4.94. The molecule has 0 saturated heterocycles. The molecule has 0 atom stereocenters. The normalized spacial score (nSPS) is 10.7. The van der Waals surface area contributed by atoms with E-state index in [0.717, 1.165) is 5.56 Å². The minimum Gasteiger partial charge on any atom is -0.329 e. The Labute approximate surface area is 92.1 Å². The maximum absolute atomic E-state index is 13.2. The molecule has 2 aromatic rings. The second kappa shape index (κ2) is 4.36. The van der Waals surface area contributed by atoms with Gasteiger partial charge < -0.3 is 5.73 Å². The molecule has 0 aliphatic carbocycles. The first-order chi connectivity index (χ1) is 7.70. The summed E-state index contributed by atoms with van der Waals surface area (Å²) >= 11 is 0. The number of nitrogens with two attached hydrogens (primary N) is 1. The van der Waals surface area contributed by atoms with Crippen LogP contribution in [0.15, 0.2) is 18.2 Å². The van der Waals surface area contributed by atoms with E-state index in [2.05, 4.69) is 15.5 Å². The average molecular weight is 221 g/mol. The molecular formula is C10H12FN5. The van der Waals surface area contributed by atoms with Gasteiger partial charge in [-0.25, -0.2) is 9.07 Å². The second-order valence-electron chi connectivity index (χ2n) is 3.53. The van der Waals surface area contributed by atoms with Crippen molar-refractivity contribution in [2.75, 3.05) is 6.54 Å². The van der Waals surface area contributed by atoms with Crippen LogP contribution in [0.5, 0.6) is 0 Å². The van der Waals surface area contributed by atoms with Crippen LogP contribution in [-0.2, 0) is 6.54 Å². The zero-order valence-corrected chi connectivity index (χ0v) is 8.89. The Kier molecular flexibility index (Phi) is 2.91. The summed E-state index contributed by atoms with van der Waals surface area (Å²) < 4.78 is 14.8. The highest BCUT2D eigenvalue weighted by atomic mass is 19.1. The summed E-state index contributed by atoms with van der Waals surface area (Å²) in [5, 5.41) is 11.2. The summed E-state index contributed by atoms with van der Waals surface area (Å²) in [6.45, 7) is 2.77. The van der Waals surface area contributed by atoms with Gasteiger partial charge in [-0.1, -0.05) is 0 Å². The Morgan fingerprint density at radius 1 is 1.38 bits per heavy atom. The molecule has 16 heavy (non-hydrogen) atoms. The average Bonchev–Trinajstić information content (AvgIpc) is 2.65. The van der Waals surface area contributed by atoms with Gasteiger partial charge in [0.2, 0.25) is 0 Å². The SMILES string of the molecule is Cc1cc(F)cc(-c2nnnn2CCN)c1. The third-order valence-corrected chi connectivity index (χ3v) is 2.17. The molecular weight excluding hydrogens is 209 g/mol. The molecule has 5 nitrogen and oxygen atoms in total. The van der Waals surface area contributed by atoms with Crippen molar-refractivity contribution in [2.24, 2.45) is 5.73 Å². The van der Waals surface area contributed by atoms with Gasteiger partial charge in [0.25, 0.3) is 0 Å². The molecule has 0 unspecified atom stereocenters. The lowest BCUT2D eigenvalue weighted by molar-refractivity contribution is 0.601. The molecule has 0 amide bonds. The molecule has 2 N–H and O–H groups in total. The van der Waals surface area contributed by atoms with E-state index in [4.69, 9.17) is 5.73 Å². The number of nitrogens with zero attached hydrogens (tertiary/aromatic N) is 4. The predicted octanol–water partition coefficient (Wildman–Crippen LogP) is 0.746. The van der Waals surface area contributed by atoms with E-state index in [1.165, 1.54) is 12.1 Å². The summed E-state index contributed by atoms with van der Waals surface area (Å²) in [5.41, 5.74) is 6.93. The smallest absolute Gasteiger partial charge is 0.182 e. The fourth-order valence-corrected chi connectivity index (χ4v) is 1.55. The molecule has 0 saturated carbocycles. The molecule has 2 rings (SSSR count). The molecule has 84 valence electrons. The van der Waals surface area contributed by atoms with Crippen LogP contribution < -0.4 is 5.73 Å². The van der Waals surface area contributed by atoms with Crippen LogP contribution in [0.25, 0.3) is 11.4 Å². The highest BCUT2D eigenvalue weighted by Crippen LogP contribution is 2.18. The fourth-order valence-electron chi connectivity index (χ4n) is 1.55. The third kappa shape index (κ3) is 2.06. The molecule has 0 aliphatic heterocycles. The van der Waals surface area contributed by atoms with E-state index in [9.17, 15) is 4.39 Å². The van der Waals surface area contributed by atoms with Gasteiger partial charge in [-0.05, 0) is 41.1 Å². The molecule has 0 aliphatic rings. The number of rotatable bonds is 3. The predicted molar refractivity (Wildman–Crippen MR) is 57.0 cm³/mol. The van der Waals surface area contributed by atoms with Gasteiger partial charge in [0.05, 0.1) is 6.54 Å². The van der Waals surface area contributed by atoms with Crippen LogP contribution in [0.3, 0.4) is 0 Å². The van der Waals surface area contributed by atoms with Crippen LogP contribution in [-0.4, -0.2) is 26.8 Å². The molecule has 0 spiro atoms. The monoisotopic (exact) mass is 221 g/mol. The van der Waals surface area contributed by atoms with Crippen molar-refractivity contribution in [3.8, 4) is 11.4 Å². The number of tetrazole rings is 1. The van der Waals surface area contributed by atoms with Crippen molar-refractivity contribution in [3.05, 3.63) is 29.6 Å². The van der Waals surface area contributed by atoms with Crippen LogP contribution in [0.2, 0.25) is 0 Å². The van der Waals surface area contributed by atoms with E-state index in [0.29, 0.717) is 24.5 Å². The molecule has 6 heteroatoms. The Balaban J connectivity index is 2.45. The first-order valence-electron chi connectivity index (χ1n) is 4.94. The van der Waals surface area contributed by atoms with Gasteiger partial charge >= 0.3 is 0 Å². The van der Waals surface area contributed by atoms with E-state index < -0.39 is 0 Å². The minimum atomic E-state index is -0.294. The topological polar surface area (TPSA) is 69.6 Å². The number of benzene rings is 1. The quantitative estimate of drug-likeness (QED) is 0.830.